The number of urea groups is 1. The normalized spacial score (nSPS) is 12.0. The molecular weight excluding hydrogens is 526 g/mol. The zero-order valence-electron chi connectivity index (χ0n) is 24.9. The van der Waals surface area contributed by atoms with Crippen LogP contribution in [0.2, 0.25) is 0 Å². The van der Waals surface area contributed by atoms with Crippen molar-refractivity contribution < 1.29 is 33.4 Å². The quantitative estimate of drug-likeness (QED) is 0.175. The van der Waals surface area contributed by atoms with Crippen molar-refractivity contribution >= 4 is 29.8 Å². The highest BCUT2D eigenvalue weighted by molar-refractivity contribution is 5.89. The van der Waals surface area contributed by atoms with Gasteiger partial charge < -0.3 is 30.2 Å². The van der Waals surface area contributed by atoms with Crippen LogP contribution in [0.1, 0.15) is 71.9 Å². The number of benzene rings is 2. The average Bonchev–Trinajstić information content (AvgIpc) is 2.86. The molecule has 0 saturated carbocycles. The molecule has 2 aromatic carbocycles. The fourth-order valence-electron chi connectivity index (χ4n) is 3.58. The monoisotopic (exact) mass is 569 g/mol. The van der Waals surface area contributed by atoms with Crippen LogP contribution >= 0.6 is 0 Å². The molecule has 10 nitrogen and oxygen atoms in total. The van der Waals surface area contributed by atoms with Gasteiger partial charge >= 0.3 is 24.1 Å². The van der Waals surface area contributed by atoms with Crippen molar-refractivity contribution in [3.8, 4) is 0 Å². The summed E-state index contributed by atoms with van der Waals surface area (Å²) < 4.78 is 16.0. The molecule has 2 rings (SSSR count). The summed E-state index contributed by atoms with van der Waals surface area (Å²) in [5, 5.41) is 8.11. The van der Waals surface area contributed by atoms with Crippen LogP contribution in [0.15, 0.2) is 54.6 Å². The lowest BCUT2D eigenvalue weighted by Crippen LogP contribution is -2.46. The molecule has 0 unspecified atom stereocenters. The SMILES string of the molecule is CC(C)(C)OC(=O)N[C@H](CCCCNC(=O)Nc1ccc(CC(=O)OCc2ccccc2)cc1)C(=O)OC(C)(C)C. The highest BCUT2D eigenvalue weighted by Crippen LogP contribution is 2.14. The van der Waals surface area contributed by atoms with Crippen LogP contribution in [-0.4, -0.2) is 47.9 Å². The van der Waals surface area contributed by atoms with E-state index in [2.05, 4.69) is 16.0 Å². The number of esters is 2. The van der Waals surface area contributed by atoms with Crippen LogP contribution in [0.25, 0.3) is 0 Å². The third kappa shape index (κ3) is 14.8. The smallest absolute Gasteiger partial charge is 0.408 e. The van der Waals surface area contributed by atoms with Gasteiger partial charge in [-0.15, -0.1) is 0 Å². The van der Waals surface area contributed by atoms with Crippen LogP contribution in [0.3, 0.4) is 0 Å². The van der Waals surface area contributed by atoms with Crippen LogP contribution in [0.5, 0.6) is 0 Å². The first kappa shape index (κ1) is 33.1. The van der Waals surface area contributed by atoms with E-state index in [9.17, 15) is 19.2 Å². The van der Waals surface area contributed by atoms with Gasteiger partial charge in [-0.1, -0.05) is 42.5 Å². The van der Waals surface area contributed by atoms with Gasteiger partial charge in [0.15, 0.2) is 0 Å². The fourth-order valence-corrected chi connectivity index (χ4v) is 3.58. The van der Waals surface area contributed by atoms with Crippen molar-refractivity contribution in [2.45, 2.75) is 91.1 Å². The number of anilines is 1. The fraction of sp³-hybridized carbons (Fsp3) is 0.484. The first-order chi connectivity index (χ1) is 19.2. The van der Waals surface area contributed by atoms with E-state index in [1.165, 1.54) is 0 Å². The molecule has 0 aliphatic heterocycles. The molecule has 3 amide bonds. The Morgan fingerprint density at radius 3 is 2.02 bits per heavy atom. The molecule has 0 spiro atoms. The van der Waals surface area contributed by atoms with Gasteiger partial charge in [0.1, 0.15) is 23.9 Å². The molecular formula is C31H43N3O7. The van der Waals surface area contributed by atoms with Crippen molar-refractivity contribution in [1.29, 1.82) is 0 Å². The maximum absolute atomic E-state index is 12.6. The largest absolute Gasteiger partial charge is 0.461 e. The van der Waals surface area contributed by atoms with Gasteiger partial charge in [-0.3, -0.25) is 4.79 Å². The second-order valence-corrected chi connectivity index (χ2v) is 11.6. The number of unbranched alkanes of at least 4 members (excludes halogenated alkanes) is 1. The first-order valence-electron chi connectivity index (χ1n) is 13.8. The molecule has 3 N–H and O–H groups in total. The topological polar surface area (TPSA) is 132 Å². The number of hydrogen-bond acceptors (Lipinski definition) is 7. The van der Waals surface area contributed by atoms with E-state index < -0.39 is 29.3 Å². The van der Waals surface area contributed by atoms with Crippen molar-refractivity contribution in [2.75, 3.05) is 11.9 Å². The summed E-state index contributed by atoms with van der Waals surface area (Å²) >= 11 is 0. The second-order valence-electron chi connectivity index (χ2n) is 11.6. The summed E-state index contributed by atoms with van der Waals surface area (Å²) in [5.41, 5.74) is 0.874. The molecule has 0 radical (unpaired) electrons. The van der Waals surface area contributed by atoms with E-state index in [0.717, 1.165) is 11.1 Å². The lowest BCUT2D eigenvalue weighted by atomic mass is 10.1. The van der Waals surface area contributed by atoms with Crippen molar-refractivity contribution in [3.05, 3.63) is 65.7 Å². The Morgan fingerprint density at radius 1 is 0.780 bits per heavy atom. The average molecular weight is 570 g/mol. The van der Waals surface area contributed by atoms with Gasteiger partial charge in [-0.25, -0.2) is 14.4 Å². The summed E-state index contributed by atoms with van der Waals surface area (Å²) in [6.07, 6.45) is 0.891. The molecule has 0 heterocycles. The standard InChI is InChI=1S/C31H43N3O7/c1-30(2,3)40-27(36)25(34-29(38)41-31(4,5)6)14-10-11-19-32-28(37)33-24-17-15-22(16-18-24)20-26(35)39-21-23-12-8-7-9-13-23/h7-9,12-13,15-18,25H,10-11,14,19-21H2,1-6H3,(H,34,38)(H2,32,33,37)/t25-/m1/s1. The van der Waals surface area contributed by atoms with Gasteiger partial charge in [0, 0.05) is 12.2 Å². The van der Waals surface area contributed by atoms with E-state index in [4.69, 9.17) is 14.2 Å². The number of amides is 3. The Morgan fingerprint density at radius 2 is 1.41 bits per heavy atom. The molecule has 0 aromatic heterocycles. The number of alkyl carbamates (subject to hydrolysis) is 1. The minimum Gasteiger partial charge on any atom is -0.461 e. The van der Waals surface area contributed by atoms with Crippen LogP contribution in [0.4, 0.5) is 15.3 Å². The third-order valence-electron chi connectivity index (χ3n) is 5.39. The summed E-state index contributed by atoms with van der Waals surface area (Å²) in [7, 11) is 0. The molecule has 0 aliphatic rings. The summed E-state index contributed by atoms with van der Waals surface area (Å²) in [5.74, 6) is -0.871. The summed E-state index contributed by atoms with van der Waals surface area (Å²) in [4.78, 5) is 49.2. The predicted octanol–water partition coefficient (Wildman–Crippen LogP) is 5.50. The van der Waals surface area contributed by atoms with E-state index in [1.807, 2.05) is 30.3 Å². The molecule has 41 heavy (non-hydrogen) atoms. The number of carbonyl (C=O) groups excluding carboxylic acids is 4. The molecule has 0 bridgehead atoms. The Labute approximate surface area is 242 Å². The van der Waals surface area contributed by atoms with E-state index in [1.54, 1.807) is 65.8 Å². The zero-order valence-corrected chi connectivity index (χ0v) is 24.9. The number of ether oxygens (including phenoxy) is 3. The van der Waals surface area contributed by atoms with Gasteiger partial charge in [0.05, 0.1) is 6.42 Å². The molecule has 1 atom stereocenters. The first-order valence-corrected chi connectivity index (χ1v) is 13.8. The highest BCUT2D eigenvalue weighted by atomic mass is 16.6. The van der Waals surface area contributed by atoms with E-state index in [0.29, 0.717) is 31.5 Å². The zero-order chi connectivity index (χ0) is 30.5. The lowest BCUT2D eigenvalue weighted by molar-refractivity contribution is -0.157. The third-order valence-corrected chi connectivity index (χ3v) is 5.39. The van der Waals surface area contributed by atoms with Gasteiger partial charge in [0.25, 0.3) is 0 Å². The van der Waals surface area contributed by atoms with Gasteiger partial charge in [0.2, 0.25) is 0 Å². The van der Waals surface area contributed by atoms with Gasteiger partial charge in [-0.05, 0) is 84.1 Å². The Hall–Kier alpha value is -4.08. The highest BCUT2D eigenvalue weighted by Gasteiger charge is 2.28. The lowest BCUT2D eigenvalue weighted by Gasteiger charge is -2.26. The van der Waals surface area contributed by atoms with E-state index >= 15 is 0 Å². The Bertz CT molecular complexity index is 1140. The Kier molecular flexibility index (Phi) is 12.6. The minimum atomic E-state index is -0.868. The molecule has 0 saturated heterocycles. The molecule has 0 fully saturated rings. The second kappa shape index (κ2) is 15.6. The molecule has 0 aliphatic carbocycles. The molecule has 2 aromatic rings. The van der Waals surface area contributed by atoms with Crippen LogP contribution < -0.4 is 16.0 Å². The van der Waals surface area contributed by atoms with Crippen molar-refractivity contribution in [1.82, 2.24) is 10.6 Å². The maximum Gasteiger partial charge on any atom is 0.408 e. The summed E-state index contributed by atoms with van der Waals surface area (Å²) in [6.45, 7) is 11.1. The molecule has 10 heteroatoms. The Balaban J connectivity index is 1.73. The molecule has 224 valence electrons. The maximum atomic E-state index is 12.6. The predicted molar refractivity (Wildman–Crippen MR) is 156 cm³/mol. The number of nitrogens with one attached hydrogen (secondary N) is 3. The number of carbonyl (C=O) groups is 4. The van der Waals surface area contributed by atoms with Crippen LogP contribution in [0, 0.1) is 0 Å². The van der Waals surface area contributed by atoms with E-state index in [-0.39, 0.29) is 25.0 Å². The number of rotatable bonds is 12. The van der Waals surface area contributed by atoms with Crippen molar-refractivity contribution in [3.63, 3.8) is 0 Å². The van der Waals surface area contributed by atoms with Gasteiger partial charge in [-0.2, -0.15) is 0 Å². The number of hydrogen-bond donors (Lipinski definition) is 3. The van der Waals surface area contributed by atoms with Crippen molar-refractivity contribution in [2.24, 2.45) is 0 Å². The minimum absolute atomic E-state index is 0.131. The summed E-state index contributed by atoms with van der Waals surface area (Å²) in [6, 6.07) is 15.2. The van der Waals surface area contributed by atoms with Crippen LogP contribution in [-0.2, 0) is 36.8 Å².